The van der Waals surface area contributed by atoms with E-state index >= 15 is 0 Å². The first-order valence-corrected chi connectivity index (χ1v) is 5.24. The summed E-state index contributed by atoms with van der Waals surface area (Å²) in [6.07, 6.45) is 0. The zero-order valence-corrected chi connectivity index (χ0v) is 10.4. The van der Waals surface area contributed by atoms with Crippen LogP contribution in [0.2, 0.25) is 0 Å². The maximum Gasteiger partial charge on any atom is 0.237 e. The molecule has 0 aromatic rings. The van der Waals surface area contributed by atoms with E-state index in [1.807, 2.05) is 34.6 Å². The Labute approximate surface area is 92.2 Å². The molecule has 90 valence electrons. The highest BCUT2D eigenvalue weighted by Gasteiger charge is 2.28. The van der Waals surface area contributed by atoms with E-state index in [0.717, 1.165) is 0 Å². The number of hydrogen-bond acceptors (Lipinski definition) is 3. The van der Waals surface area contributed by atoms with Crippen LogP contribution in [0.5, 0.6) is 0 Å². The zero-order chi connectivity index (χ0) is 12.3. The fourth-order valence-corrected chi connectivity index (χ4v) is 0.886. The Bertz CT molecular complexity index is 219. The highest BCUT2D eigenvalue weighted by atomic mass is 16.3. The third-order valence-corrected chi connectivity index (χ3v) is 2.38. The van der Waals surface area contributed by atoms with Crippen LogP contribution in [-0.4, -0.2) is 30.2 Å². The lowest BCUT2D eigenvalue weighted by Crippen LogP contribution is -2.50. The van der Waals surface area contributed by atoms with E-state index in [1.54, 1.807) is 0 Å². The monoisotopic (exact) mass is 216 g/mol. The molecule has 1 unspecified atom stereocenters. The van der Waals surface area contributed by atoms with Gasteiger partial charge in [0.15, 0.2) is 0 Å². The number of nitrogens with two attached hydrogens (primary N) is 1. The van der Waals surface area contributed by atoms with Gasteiger partial charge in [0.25, 0.3) is 0 Å². The van der Waals surface area contributed by atoms with Gasteiger partial charge in [-0.25, -0.2) is 0 Å². The molecule has 4 nitrogen and oxygen atoms in total. The summed E-state index contributed by atoms with van der Waals surface area (Å²) in [5, 5.41) is 11.8. The van der Waals surface area contributed by atoms with E-state index in [0.29, 0.717) is 6.54 Å². The predicted molar refractivity (Wildman–Crippen MR) is 61.3 cm³/mol. The van der Waals surface area contributed by atoms with Gasteiger partial charge in [0.05, 0.1) is 6.04 Å². The third kappa shape index (κ3) is 5.14. The Kier molecular flexibility index (Phi) is 4.74. The number of amides is 1. The average Bonchev–Trinajstić information content (AvgIpc) is 2.11. The molecule has 15 heavy (non-hydrogen) atoms. The van der Waals surface area contributed by atoms with Crippen LogP contribution in [-0.2, 0) is 4.79 Å². The van der Waals surface area contributed by atoms with E-state index in [4.69, 9.17) is 10.8 Å². The summed E-state index contributed by atoms with van der Waals surface area (Å²) >= 11 is 0. The minimum absolute atomic E-state index is 0.0397. The van der Waals surface area contributed by atoms with E-state index in [1.165, 1.54) is 0 Å². The standard InChI is InChI=1S/C11H24N2O2/c1-10(2,3)8(12)9(15)13-6-11(4,5)7-14/h8,14H,6-7,12H2,1-5H3,(H,13,15). The Morgan fingerprint density at radius 2 is 1.80 bits per heavy atom. The topological polar surface area (TPSA) is 75.3 Å². The molecule has 0 aliphatic carbocycles. The SMILES string of the molecule is CC(C)(CO)CNC(=O)C(N)C(C)(C)C. The second kappa shape index (κ2) is 4.94. The molecule has 0 heterocycles. The molecule has 0 aromatic carbocycles. The van der Waals surface area contributed by atoms with Crippen molar-refractivity contribution in [1.82, 2.24) is 5.32 Å². The molecule has 0 saturated carbocycles. The summed E-state index contributed by atoms with van der Waals surface area (Å²) in [6, 6.07) is -0.521. The van der Waals surface area contributed by atoms with Gasteiger partial charge < -0.3 is 16.2 Å². The fourth-order valence-electron chi connectivity index (χ4n) is 0.886. The van der Waals surface area contributed by atoms with Crippen molar-refractivity contribution in [3.8, 4) is 0 Å². The van der Waals surface area contributed by atoms with Crippen molar-refractivity contribution in [3.05, 3.63) is 0 Å². The van der Waals surface area contributed by atoms with E-state index in [-0.39, 0.29) is 23.3 Å². The summed E-state index contributed by atoms with van der Waals surface area (Å²) in [4.78, 5) is 11.6. The molecule has 0 rings (SSSR count). The summed E-state index contributed by atoms with van der Waals surface area (Å²) in [5.74, 6) is -0.163. The van der Waals surface area contributed by atoms with E-state index in [9.17, 15) is 4.79 Å². The lowest BCUT2D eigenvalue weighted by Gasteiger charge is -2.28. The van der Waals surface area contributed by atoms with Gasteiger partial charge in [-0.3, -0.25) is 4.79 Å². The number of aliphatic hydroxyl groups excluding tert-OH is 1. The van der Waals surface area contributed by atoms with Crippen molar-refractivity contribution < 1.29 is 9.90 Å². The van der Waals surface area contributed by atoms with Crippen LogP contribution < -0.4 is 11.1 Å². The van der Waals surface area contributed by atoms with Crippen LogP contribution in [0.15, 0.2) is 0 Å². The zero-order valence-electron chi connectivity index (χ0n) is 10.4. The third-order valence-electron chi connectivity index (χ3n) is 2.38. The number of carbonyl (C=O) groups is 1. The molecule has 1 atom stereocenters. The van der Waals surface area contributed by atoms with Gasteiger partial charge in [0.2, 0.25) is 5.91 Å². The van der Waals surface area contributed by atoms with Crippen LogP contribution >= 0.6 is 0 Å². The molecule has 0 aromatic heterocycles. The molecule has 0 fully saturated rings. The molecule has 0 spiro atoms. The van der Waals surface area contributed by atoms with Crippen molar-refractivity contribution in [1.29, 1.82) is 0 Å². The lowest BCUT2D eigenvalue weighted by atomic mass is 9.86. The number of hydrogen-bond donors (Lipinski definition) is 3. The van der Waals surface area contributed by atoms with Crippen LogP contribution in [0.3, 0.4) is 0 Å². The predicted octanol–water partition coefficient (Wildman–Crippen LogP) is 0.494. The molecule has 1 amide bonds. The van der Waals surface area contributed by atoms with Crippen LogP contribution in [0, 0.1) is 10.8 Å². The largest absolute Gasteiger partial charge is 0.396 e. The van der Waals surface area contributed by atoms with Gasteiger partial charge in [-0.1, -0.05) is 34.6 Å². The normalized spacial score (nSPS) is 14.9. The molecule has 0 aliphatic heterocycles. The smallest absolute Gasteiger partial charge is 0.237 e. The number of rotatable bonds is 4. The number of nitrogens with one attached hydrogen (secondary N) is 1. The summed E-state index contributed by atoms with van der Waals surface area (Å²) in [5.41, 5.74) is 5.25. The van der Waals surface area contributed by atoms with Crippen LogP contribution in [0.4, 0.5) is 0 Å². The van der Waals surface area contributed by atoms with Crippen molar-refractivity contribution in [2.75, 3.05) is 13.2 Å². The molecule has 0 bridgehead atoms. The summed E-state index contributed by atoms with van der Waals surface area (Å²) in [7, 11) is 0. The Balaban J connectivity index is 4.17. The molecule has 4 N–H and O–H groups in total. The highest BCUT2D eigenvalue weighted by Crippen LogP contribution is 2.18. The Morgan fingerprint density at radius 1 is 1.33 bits per heavy atom. The van der Waals surface area contributed by atoms with E-state index < -0.39 is 6.04 Å². The van der Waals surface area contributed by atoms with Gasteiger partial charge in [0.1, 0.15) is 0 Å². The fraction of sp³-hybridized carbons (Fsp3) is 0.909. The van der Waals surface area contributed by atoms with Gasteiger partial charge >= 0.3 is 0 Å². The first-order chi connectivity index (χ1) is 6.60. The molecule has 0 saturated heterocycles. The quantitative estimate of drug-likeness (QED) is 0.640. The van der Waals surface area contributed by atoms with E-state index in [2.05, 4.69) is 5.32 Å². The maximum atomic E-state index is 11.6. The lowest BCUT2D eigenvalue weighted by molar-refractivity contribution is -0.125. The highest BCUT2D eigenvalue weighted by molar-refractivity contribution is 5.82. The first-order valence-electron chi connectivity index (χ1n) is 5.24. The molecule has 0 aliphatic rings. The minimum Gasteiger partial charge on any atom is -0.396 e. The van der Waals surface area contributed by atoms with Crippen molar-refractivity contribution in [2.45, 2.75) is 40.7 Å². The van der Waals surface area contributed by atoms with Gasteiger partial charge in [-0.05, 0) is 5.41 Å². The summed E-state index contributed by atoms with van der Waals surface area (Å²) < 4.78 is 0. The van der Waals surface area contributed by atoms with Crippen LogP contribution in [0.1, 0.15) is 34.6 Å². The Morgan fingerprint density at radius 3 is 2.13 bits per heavy atom. The average molecular weight is 216 g/mol. The molecule has 4 heteroatoms. The van der Waals surface area contributed by atoms with Gasteiger partial charge in [-0.2, -0.15) is 0 Å². The first kappa shape index (κ1) is 14.4. The van der Waals surface area contributed by atoms with Crippen molar-refractivity contribution in [3.63, 3.8) is 0 Å². The van der Waals surface area contributed by atoms with Crippen molar-refractivity contribution in [2.24, 2.45) is 16.6 Å². The molecule has 0 radical (unpaired) electrons. The van der Waals surface area contributed by atoms with Gasteiger partial charge in [-0.15, -0.1) is 0 Å². The molecular weight excluding hydrogens is 192 g/mol. The molecular formula is C11H24N2O2. The summed E-state index contributed by atoms with van der Waals surface area (Å²) in [6.45, 7) is 10.0. The number of aliphatic hydroxyl groups is 1. The van der Waals surface area contributed by atoms with Crippen LogP contribution in [0.25, 0.3) is 0 Å². The van der Waals surface area contributed by atoms with Gasteiger partial charge in [0, 0.05) is 18.6 Å². The van der Waals surface area contributed by atoms with Crippen molar-refractivity contribution >= 4 is 5.91 Å². The second-order valence-corrected chi connectivity index (χ2v) is 5.88. The Hall–Kier alpha value is -0.610. The number of carbonyl (C=O) groups excluding carboxylic acids is 1. The maximum absolute atomic E-state index is 11.6. The second-order valence-electron chi connectivity index (χ2n) is 5.88. The minimum atomic E-state index is -0.521.